The molecule has 1 N–H and O–H groups in total. The molecule has 1 fully saturated rings. The van der Waals surface area contributed by atoms with Gasteiger partial charge in [-0.3, -0.25) is 9.79 Å². The van der Waals surface area contributed by atoms with E-state index in [1.165, 1.54) is 6.26 Å². The van der Waals surface area contributed by atoms with Gasteiger partial charge in [-0.15, -0.1) is 0 Å². The lowest BCUT2D eigenvalue weighted by atomic mass is 10.2. The highest BCUT2D eigenvalue weighted by molar-refractivity contribution is 5.91. The fraction of sp³-hybridized carbons (Fsp3) is 0.476. The molecule has 8 nitrogen and oxygen atoms in total. The van der Waals surface area contributed by atoms with Crippen LogP contribution in [0.1, 0.15) is 30.0 Å². The zero-order valence-corrected chi connectivity index (χ0v) is 17.5. The number of aliphatic imine (C=N–C) groups is 1. The van der Waals surface area contributed by atoms with E-state index >= 15 is 0 Å². The Kier molecular flexibility index (Phi) is 7.10. The van der Waals surface area contributed by atoms with Crippen molar-refractivity contribution in [3.05, 3.63) is 48.0 Å². The van der Waals surface area contributed by atoms with E-state index in [1.54, 1.807) is 19.2 Å². The molecule has 3 rings (SSSR count). The largest absolute Gasteiger partial charge is 0.459 e. The van der Waals surface area contributed by atoms with Crippen LogP contribution in [0.4, 0.5) is 5.82 Å². The summed E-state index contributed by atoms with van der Waals surface area (Å²) in [5, 5.41) is 3.40. The molecule has 1 saturated heterocycles. The van der Waals surface area contributed by atoms with Gasteiger partial charge in [-0.25, -0.2) is 4.98 Å². The summed E-state index contributed by atoms with van der Waals surface area (Å²) >= 11 is 0. The van der Waals surface area contributed by atoms with Gasteiger partial charge < -0.3 is 24.4 Å². The first kappa shape index (κ1) is 20.7. The van der Waals surface area contributed by atoms with E-state index in [4.69, 9.17) is 4.42 Å². The Morgan fingerprint density at radius 3 is 2.45 bits per heavy atom. The summed E-state index contributed by atoms with van der Waals surface area (Å²) in [6.45, 7) is 9.55. The topological polar surface area (TPSA) is 77.2 Å². The summed E-state index contributed by atoms with van der Waals surface area (Å²) in [4.78, 5) is 27.6. The number of guanidine groups is 1. The molecule has 0 bridgehead atoms. The highest BCUT2D eigenvalue weighted by atomic mass is 16.3. The molecule has 1 aliphatic heterocycles. The molecule has 8 heteroatoms. The Bertz CT molecular complexity index is 791. The number of pyridine rings is 1. The van der Waals surface area contributed by atoms with Crippen molar-refractivity contribution >= 4 is 17.7 Å². The zero-order chi connectivity index (χ0) is 20.6. The summed E-state index contributed by atoms with van der Waals surface area (Å²) in [6.07, 6.45) is 3.44. The monoisotopic (exact) mass is 398 g/mol. The summed E-state index contributed by atoms with van der Waals surface area (Å²) < 4.78 is 5.22. The van der Waals surface area contributed by atoms with Crippen LogP contribution in [0, 0.1) is 0 Å². The number of aromatic nitrogens is 1. The van der Waals surface area contributed by atoms with E-state index in [9.17, 15) is 4.79 Å². The Hall–Kier alpha value is -3.03. The lowest BCUT2D eigenvalue weighted by Gasteiger charge is -2.36. The number of nitrogens with zero attached hydrogens (tertiary/aromatic N) is 5. The van der Waals surface area contributed by atoms with Gasteiger partial charge in [-0.05, 0) is 37.6 Å². The van der Waals surface area contributed by atoms with E-state index in [1.807, 2.05) is 11.1 Å². The fourth-order valence-electron chi connectivity index (χ4n) is 3.45. The van der Waals surface area contributed by atoms with Crippen molar-refractivity contribution in [1.29, 1.82) is 0 Å². The predicted octanol–water partition coefficient (Wildman–Crippen LogP) is 2.05. The van der Waals surface area contributed by atoms with Gasteiger partial charge in [-0.2, -0.15) is 0 Å². The highest BCUT2D eigenvalue weighted by Crippen LogP contribution is 2.12. The molecule has 0 unspecified atom stereocenters. The molecular formula is C21H30N6O2. The third-order valence-corrected chi connectivity index (χ3v) is 5.16. The molecule has 1 aliphatic rings. The normalized spacial score (nSPS) is 14.8. The molecule has 0 aliphatic carbocycles. The summed E-state index contributed by atoms with van der Waals surface area (Å²) in [5.74, 6) is 2.17. The summed E-state index contributed by atoms with van der Waals surface area (Å²) in [5.41, 5.74) is 1.11. The zero-order valence-electron chi connectivity index (χ0n) is 17.5. The average molecular weight is 399 g/mol. The van der Waals surface area contributed by atoms with Crippen LogP contribution in [-0.4, -0.2) is 73.0 Å². The van der Waals surface area contributed by atoms with Gasteiger partial charge in [0.1, 0.15) is 5.82 Å². The number of nitrogens with one attached hydrogen (secondary N) is 1. The number of hydrogen-bond donors (Lipinski definition) is 1. The molecule has 2 aromatic rings. The van der Waals surface area contributed by atoms with Crippen molar-refractivity contribution in [3.8, 4) is 0 Å². The molecule has 0 radical (unpaired) electrons. The smallest absolute Gasteiger partial charge is 0.289 e. The molecule has 3 heterocycles. The van der Waals surface area contributed by atoms with Crippen molar-refractivity contribution in [2.75, 3.05) is 51.2 Å². The van der Waals surface area contributed by atoms with Crippen LogP contribution in [-0.2, 0) is 6.54 Å². The van der Waals surface area contributed by atoms with E-state index in [-0.39, 0.29) is 5.91 Å². The lowest BCUT2D eigenvalue weighted by Crippen LogP contribution is -2.53. The van der Waals surface area contributed by atoms with Crippen molar-refractivity contribution in [2.24, 2.45) is 4.99 Å². The minimum Gasteiger partial charge on any atom is -0.459 e. The van der Waals surface area contributed by atoms with Crippen LogP contribution >= 0.6 is 0 Å². The van der Waals surface area contributed by atoms with Crippen molar-refractivity contribution in [3.63, 3.8) is 0 Å². The second-order valence-electron chi connectivity index (χ2n) is 6.85. The molecule has 2 aromatic heterocycles. The van der Waals surface area contributed by atoms with Gasteiger partial charge in [-0.1, -0.05) is 6.07 Å². The number of amides is 1. The maximum Gasteiger partial charge on any atom is 0.289 e. The summed E-state index contributed by atoms with van der Waals surface area (Å²) in [6, 6.07) is 7.60. The molecule has 29 heavy (non-hydrogen) atoms. The van der Waals surface area contributed by atoms with Gasteiger partial charge in [0.25, 0.3) is 5.91 Å². The van der Waals surface area contributed by atoms with Gasteiger partial charge in [0.2, 0.25) is 0 Å². The van der Waals surface area contributed by atoms with Crippen LogP contribution in [0.5, 0.6) is 0 Å². The summed E-state index contributed by atoms with van der Waals surface area (Å²) in [7, 11) is 1.78. The molecule has 0 aromatic carbocycles. The van der Waals surface area contributed by atoms with E-state index in [0.717, 1.165) is 43.5 Å². The molecular weight excluding hydrogens is 368 g/mol. The van der Waals surface area contributed by atoms with Crippen LogP contribution in [0.2, 0.25) is 0 Å². The Morgan fingerprint density at radius 2 is 1.90 bits per heavy atom. The van der Waals surface area contributed by atoms with E-state index in [2.05, 4.69) is 51.1 Å². The minimum atomic E-state index is -0.0584. The molecule has 1 amide bonds. The molecule has 156 valence electrons. The number of hydrogen-bond acceptors (Lipinski definition) is 5. The van der Waals surface area contributed by atoms with Gasteiger partial charge in [0, 0.05) is 59.1 Å². The number of piperazine rings is 1. The van der Waals surface area contributed by atoms with Gasteiger partial charge >= 0.3 is 0 Å². The SMILES string of the molecule is CCN(CC)c1ccc(CNC(=NC)N2CCN(C(=O)c3ccco3)CC2)cn1. The highest BCUT2D eigenvalue weighted by Gasteiger charge is 2.25. The second-order valence-corrected chi connectivity index (χ2v) is 6.85. The second kappa shape index (κ2) is 9.95. The Balaban J connectivity index is 1.50. The Morgan fingerprint density at radius 1 is 1.17 bits per heavy atom. The number of carbonyl (C=O) groups excluding carboxylic acids is 1. The maximum absolute atomic E-state index is 12.4. The van der Waals surface area contributed by atoms with Crippen LogP contribution in [0.15, 0.2) is 46.1 Å². The third-order valence-electron chi connectivity index (χ3n) is 5.16. The predicted molar refractivity (Wildman–Crippen MR) is 114 cm³/mol. The van der Waals surface area contributed by atoms with Crippen LogP contribution < -0.4 is 10.2 Å². The third kappa shape index (κ3) is 5.07. The standard InChI is InChI=1S/C21H30N6O2/c1-4-25(5-2)19-9-8-17(15-23-19)16-24-21(22-3)27-12-10-26(11-13-27)20(28)18-7-6-14-29-18/h6-9,14-15H,4-5,10-13,16H2,1-3H3,(H,22,24). The van der Waals surface area contributed by atoms with Crippen molar-refractivity contribution in [2.45, 2.75) is 20.4 Å². The minimum absolute atomic E-state index is 0.0584. The first-order valence-corrected chi connectivity index (χ1v) is 10.1. The van der Waals surface area contributed by atoms with E-state index < -0.39 is 0 Å². The number of anilines is 1. The fourth-order valence-corrected chi connectivity index (χ4v) is 3.45. The van der Waals surface area contributed by atoms with Gasteiger partial charge in [0.05, 0.1) is 6.26 Å². The Labute approximate surface area is 172 Å². The van der Waals surface area contributed by atoms with Crippen molar-refractivity contribution < 1.29 is 9.21 Å². The average Bonchev–Trinajstić information content (AvgIpc) is 3.31. The molecule has 0 spiro atoms. The number of furan rings is 1. The lowest BCUT2D eigenvalue weighted by molar-refractivity contribution is 0.0657. The van der Waals surface area contributed by atoms with E-state index in [0.29, 0.717) is 25.4 Å². The maximum atomic E-state index is 12.4. The first-order chi connectivity index (χ1) is 14.2. The molecule has 0 saturated carbocycles. The first-order valence-electron chi connectivity index (χ1n) is 10.1. The van der Waals surface area contributed by atoms with Crippen LogP contribution in [0.25, 0.3) is 0 Å². The molecule has 0 atom stereocenters. The van der Waals surface area contributed by atoms with Crippen LogP contribution in [0.3, 0.4) is 0 Å². The quantitative estimate of drug-likeness (QED) is 0.593. The number of rotatable bonds is 6. The number of carbonyl (C=O) groups is 1. The van der Waals surface area contributed by atoms with Gasteiger partial charge in [0.15, 0.2) is 11.7 Å². The van der Waals surface area contributed by atoms with Crippen molar-refractivity contribution in [1.82, 2.24) is 20.1 Å².